The van der Waals surface area contributed by atoms with E-state index in [2.05, 4.69) is 26.7 Å². The van der Waals surface area contributed by atoms with Gasteiger partial charge in [-0.25, -0.2) is 4.57 Å². The minimum atomic E-state index is 0.979. The molecule has 1 aromatic heterocycles. The molecule has 0 amide bonds. The Morgan fingerprint density at radius 1 is 1.23 bits per heavy atom. The van der Waals surface area contributed by atoms with Crippen molar-refractivity contribution in [2.24, 2.45) is 12.1 Å². The van der Waals surface area contributed by atoms with Crippen LogP contribution >= 0.6 is 0 Å². The average molecular weight is 351 g/mol. The van der Waals surface area contributed by atoms with Gasteiger partial charge in [0.25, 0.3) is 0 Å². The molecule has 136 valence electrons. The molecule has 0 bridgehead atoms. The van der Waals surface area contributed by atoms with Crippen molar-refractivity contribution in [1.29, 1.82) is 0 Å². The minimum Gasteiger partial charge on any atom is -0.494 e. The SMILES string of the molecule is COc1c(N(C)N=Cc2cccc[n+]2C)cc2c3c1CCCN3CCC2. The summed E-state index contributed by atoms with van der Waals surface area (Å²) in [6, 6.07) is 8.38. The Morgan fingerprint density at radius 2 is 2.04 bits per heavy atom. The van der Waals surface area contributed by atoms with Gasteiger partial charge >= 0.3 is 0 Å². The first-order chi connectivity index (χ1) is 12.7. The Bertz CT molecular complexity index is 844. The number of nitrogens with zero attached hydrogens (tertiary/aromatic N) is 4. The van der Waals surface area contributed by atoms with Gasteiger partial charge in [0.2, 0.25) is 5.69 Å². The van der Waals surface area contributed by atoms with Crippen molar-refractivity contribution in [2.75, 3.05) is 37.2 Å². The smallest absolute Gasteiger partial charge is 0.225 e. The van der Waals surface area contributed by atoms with Crippen LogP contribution in [0.2, 0.25) is 0 Å². The predicted molar refractivity (Wildman–Crippen MR) is 105 cm³/mol. The third-order valence-corrected chi connectivity index (χ3v) is 5.46. The quantitative estimate of drug-likeness (QED) is 0.482. The highest BCUT2D eigenvalue weighted by atomic mass is 16.5. The van der Waals surface area contributed by atoms with Crippen LogP contribution < -0.4 is 19.2 Å². The van der Waals surface area contributed by atoms with Crippen LogP contribution in [0.5, 0.6) is 5.75 Å². The van der Waals surface area contributed by atoms with Crippen molar-refractivity contribution in [2.45, 2.75) is 25.7 Å². The molecule has 0 fully saturated rings. The van der Waals surface area contributed by atoms with E-state index in [1.54, 1.807) is 7.11 Å². The average Bonchev–Trinajstić information content (AvgIpc) is 2.67. The second kappa shape index (κ2) is 6.98. The molecule has 4 rings (SSSR count). The van der Waals surface area contributed by atoms with Gasteiger partial charge in [0.05, 0.1) is 7.11 Å². The standard InChI is InChI=1S/C21H27N4O/c1-23-11-5-4-9-17(23)15-22-24(2)19-14-16-8-6-12-25-13-7-10-18(20(16)25)21(19)26-3/h4-5,9,11,14-15H,6-8,10,12-13H2,1-3H3/q+1. The van der Waals surface area contributed by atoms with Crippen molar-refractivity contribution in [3.63, 3.8) is 0 Å². The maximum Gasteiger partial charge on any atom is 0.225 e. The molecule has 1 aromatic carbocycles. The van der Waals surface area contributed by atoms with E-state index >= 15 is 0 Å². The van der Waals surface area contributed by atoms with Crippen molar-refractivity contribution in [3.05, 3.63) is 47.3 Å². The van der Waals surface area contributed by atoms with Gasteiger partial charge in [0.1, 0.15) is 24.7 Å². The van der Waals surface area contributed by atoms with Gasteiger partial charge in [-0.2, -0.15) is 5.10 Å². The molecule has 26 heavy (non-hydrogen) atoms. The predicted octanol–water partition coefficient (Wildman–Crippen LogP) is 2.69. The zero-order valence-corrected chi connectivity index (χ0v) is 15.9. The number of aromatic nitrogens is 1. The first-order valence-corrected chi connectivity index (χ1v) is 9.39. The van der Waals surface area contributed by atoms with Gasteiger partial charge in [0.15, 0.2) is 6.20 Å². The monoisotopic (exact) mass is 351 g/mol. The molecule has 0 saturated heterocycles. The van der Waals surface area contributed by atoms with Crippen molar-refractivity contribution in [3.8, 4) is 5.75 Å². The highest BCUT2D eigenvalue weighted by molar-refractivity contribution is 5.79. The molecule has 0 unspecified atom stereocenters. The van der Waals surface area contributed by atoms with E-state index in [0.717, 1.165) is 30.0 Å². The van der Waals surface area contributed by atoms with Crippen molar-refractivity contribution in [1.82, 2.24) is 0 Å². The Labute approximate surface area is 155 Å². The molecule has 0 radical (unpaired) electrons. The summed E-state index contributed by atoms with van der Waals surface area (Å²) in [6.45, 7) is 2.34. The van der Waals surface area contributed by atoms with E-state index in [9.17, 15) is 0 Å². The molecule has 0 aliphatic carbocycles. The summed E-state index contributed by atoms with van der Waals surface area (Å²) in [7, 11) is 5.80. The summed E-state index contributed by atoms with van der Waals surface area (Å²) < 4.78 is 7.92. The van der Waals surface area contributed by atoms with Crippen LogP contribution in [-0.2, 0) is 19.9 Å². The summed E-state index contributed by atoms with van der Waals surface area (Å²) in [6.07, 6.45) is 8.57. The van der Waals surface area contributed by atoms with Crippen LogP contribution in [0.25, 0.3) is 0 Å². The van der Waals surface area contributed by atoms with Crippen LogP contribution in [0.4, 0.5) is 11.4 Å². The number of methoxy groups -OCH3 is 1. The zero-order valence-electron chi connectivity index (χ0n) is 15.9. The molecular formula is C21H27N4O+. The second-order valence-electron chi connectivity index (χ2n) is 7.11. The van der Waals surface area contributed by atoms with Crippen molar-refractivity contribution >= 4 is 17.6 Å². The van der Waals surface area contributed by atoms with Gasteiger partial charge in [0, 0.05) is 43.5 Å². The number of hydrogen-bond donors (Lipinski definition) is 0. The molecule has 0 spiro atoms. The van der Waals surface area contributed by atoms with Gasteiger partial charge in [-0.05, 0) is 43.4 Å². The van der Waals surface area contributed by atoms with E-state index in [-0.39, 0.29) is 0 Å². The number of benzene rings is 1. The van der Waals surface area contributed by atoms with Crippen LogP contribution in [-0.4, -0.2) is 33.5 Å². The van der Waals surface area contributed by atoms with Gasteiger partial charge in [-0.1, -0.05) is 0 Å². The van der Waals surface area contributed by atoms with Crippen molar-refractivity contribution < 1.29 is 9.30 Å². The highest BCUT2D eigenvalue weighted by Crippen LogP contribution is 2.45. The van der Waals surface area contributed by atoms with E-state index in [1.807, 2.05) is 43.6 Å². The number of pyridine rings is 1. The number of anilines is 2. The summed E-state index contributed by atoms with van der Waals surface area (Å²) in [4.78, 5) is 2.54. The fourth-order valence-electron chi connectivity index (χ4n) is 4.16. The minimum absolute atomic E-state index is 0.979. The van der Waals surface area contributed by atoms with Crippen LogP contribution in [0.3, 0.4) is 0 Å². The fourth-order valence-corrected chi connectivity index (χ4v) is 4.16. The van der Waals surface area contributed by atoms with Crippen LogP contribution in [0.1, 0.15) is 29.7 Å². The third kappa shape index (κ3) is 2.91. The molecule has 3 heterocycles. The summed E-state index contributed by atoms with van der Waals surface area (Å²) in [5.74, 6) is 0.979. The topological polar surface area (TPSA) is 31.9 Å². The lowest BCUT2D eigenvalue weighted by Gasteiger charge is -2.38. The molecule has 2 aromatic rings. The maximum absolute atomic E-state index is 5.87. The molecule has 0 atom stereocenters. The van der Waals surface area contributed by atoms with E-state index in [1.165, 1.54) is 42.7 Å². The maximum atomic E-state index is 5.87. The molecule has 0 saturated carbocycles. The Balaban J connectivity index is 1.73. The highest BCUT2D eigenvalue weighted by Gasteiger charge is 2.29. The second-order valence-corrected chi connectivity index (χ2v) is 7.11. The molecular weight excluding hydrogens is 324 g/mol. The van der Waals surface area contributed by atoms with Crippen LogP contribution in [0.15, 0.2) is 35.6 Å². The first kappa shape index (κ1) is 16.9. The summed E-state index contributed by atoms with van der Waals surface area (Å²) in [5, 5.41) is 6.63. The molecule has 2 aliphatic rings. The molecule has 0 N–H and O–H groups in total. The van der Waals surface area contributed by atoms with Gasteiger partial charge in [-0.3, -0.25) is 5.01 Å². The van der Waals surface area contributed by atoms with E-state index < -0.39 is 0 Å². The van der Waals surface area contributed by atoms with E-state index in [4.69, 9.17) is 4.74 Å². The Kier molecular flexibility index (Phi) is 4.53. The lowest BCUT2D eigenvalue weighted by molar-refractivity contribution is -0.672. The molecule has 5 nitrogen and oxygen atoms in total. The van der Waals surface area contributed by atoms with Gasteiger partial charge < -0.3 is 9.64 Å². The number of hydrogen-bond acceptors (Lipinski definition) is 4. The number of ether oxygens (including phenoxy) is 1. The summed E-state index contributed by atoms with van der Waals surface area (Å²) in [5.41, 5.74) is 6.34. The van der Waals surface area contributed by atoms with Gasteiger partial charge in [-0.15, -0.1) is 0 Å². The fraction of sp³-hybridized carbons (Fsp3) is 0.429. The van der Waals surface area contributed by atoms with E-state index in [0.29, 0.717) is 0 Å². The lowest BCUT2D eigenvalue weighted by atomic mass is 9.90. The third-order valence-electron chi connectivity index (χ3n) is 5.46. The van der Waals surface area contributed by atoms with Crippen LogP contribution in [0, 0.1) is 0 Å². The number of rotatable bonds is 4. The Hall–Kier alpha value is -2.56. The number of hydrazone groups is 1. The molecule has 2 aliphatic heterocycles. The normalized spacial score (nSPS) is 15.9. The first-order valence-electron chi connectivity index (χ1n) is 9.39. The summed E-state index contributed by atoms with van der Waals surface area (Å²) >= 11 is 0. The number of aryl methyl sites for hydroxylation is 2. The Morgan fingerprint density at radius 3 is 2.81 bits per heavy atom. The molecule has 5 heteroatoms. The lowest BCUT2D eigenvalue weighted by Crippen LogP contribution is -2.35. The largest absolute Gasteiger partial charge is 0.494 e. The zero-order chi connectivity index (χ0) is 18.1.